The minimum atomic E-state index is -3.76. The summed E-state index contributed by atoms with van der Waals surface area (Å²) in [6, 6.07) is 9.74. The molecule has 10 heteroatoms. The Morgan fingerprint density at radius 3 is 2.64 bits per heavy atom. The second kappa shape index (κ2) is 7.36. The molecule has 7 nitrogen and oxygen atoms in total. The van der Waals surface area contributed by atoms with E-state index in [1.807, 2.05) is 6.07 Å². The second-order valence-corrected chi connectivity index (χ2v) is 7.95. The van der Waals surface area contributed by atoms with Crippen molar-refractivity contribution in [2.75, 3.05) is 10.0 Å². The summed E-state index contributed by atoms with van der Waals surface area (Å²) in [6.45, 7) is 0. The molecule has 4 N–H and O–H groups in total. The molecular weight excluding hydrogens is 382 g/mol. The molecule has 0 spiro atoms. The van der Waals surface area contributed by atoms with E-state index in [0.29, 0.717) is 11.4 Å². The zero-order chi connectivity index (χ0) is 17.9. The van der Waals surface area contributed by atoms with Gasteiger partial charge in [0.15, 0.2) is 5.13 Å². The van der Waals surface area contributed by atoms with Gasteiger partial charge in [0.05, 0.1) is 21.3 Å². The van der Waals surface area contributed by atoms with E-state index in [0.717, 1.165) is 0 Å². The SMILES string of the molecule is N[C@H](Nc1ccc(S(=O)(=O)Nc2nccs2)cc1Cl)c1ccccn1. The predicted molar refractivity (Wildman–Crippen MR) is 99.2 cm³/mol. The van der Waals surface area contributed by atoms with Crippen molar-refractivity contribution in [2.45, 2.75) is 11.1 Å². The fourth-order valence-corrected chi connectivity index (χ4v) is 4.14. The average molecular weight is 396 g/mol. The molecule has 3 rings (SSSR count). The first-order chi connectivity index (χ1) is 12.0. The summed E-state index contributed by atoms with van der Waals surface area (Å²) in [5.74, 6) is 0. The minimum Gasteiger partial charge on any atom is -0.364 e. The van der Waals surface area contributed by atoms with Crippen LogP contribution < -0.4 is 15.8 Å². The third-order valence-corrected chi connectivity index (χ3v) is 5.69. The fourth-order valence-electron chi connectivity index (χ4n) is 2.03. The molecule has 0 amide bonds. The number of hydrogen-bond acceptors (Lipinski definition) is 7. The largest absolute Gasteiger partial charge is 0.364 e. The van der Waals surface area contributed by atoms with Crippen molar-refractivity contribution >= 4 is 43.8 Å². The van der Waals surface area contributed by atoms with Gasteiger partial charge in [0.25, 0.3) is 10.0 Å². The molecule has 2 heterocycles. The Morgan fingerprint density at radius 1 is 1.16 bits per heavy atom. The Morgan fingerprint density at radius 2 is 2.00 bits per heavy atom. The van der Waals surface area contributed by atoms with Gasteiger partial charge in [0.1, 0.15) is 6.17 Å². The standard InChI is InChI=1S/C15H14ClN5O2S2/c16-11-9-10(25(22,23)21-15-19-7-8-24-15)4-5-12(11)20-14(17)13-3-1-2-6-18-13/h1-9,14,20H,17H2,(H,19,21)/t14-/m1/s1. The Labute approximate surface area is 153 Å². The van der Waals surface area contributed by atoms with Gasteiger partial charge >= 0.3 is 0 Å². The summed E-state index contributed by atoms with van der Waals surface area (Å²) in [5.41, 5.74) is 7.19. The van der Waals surface area contributed by atoms with E-state index < -0.39 is 16.2 Å². The van der Waals surface area contributed by atoms with Gasteiger partial charge in [-0.1, -0.05) is 17.7 Å². The van der Waals surface area contributed by atoms with Crippen LogP contribution in [0.2, 0.25) is 5.02 Å². The first-order valence-corrected chi connectivity index (χ1v) is 9.85. The highest BCUT2D eigenvalue weighted by molar-refractivity contribution is 7.93. The molecule has 2 aromatic heterocycles. The summed E-state index contributed by atoms with van der Waals surface area (Å²) in [4.78, 5) is 8.09. The summed E-state index contributed by atoms with van der Waals surface area (Å²) < 4.78 is 27.1. The van der Waals surface area contributed by atoms with E-state index in [-0.39, 0.29) is 15.0 Å². The number of rotatable bonds is 6. The van der Waals surface area contributed by atoms with Gasteiger partial charge in [-0.2, -0.15) is 0 Å². The Kier molecular flexibility index (Phi) is 5.19. The van der Waals surface area contributed by atoms with Crippen LogP contribution in [0.25, 0.3) is 0 Å². The number of hydrogen-bond donors (Lipinski definition) is 3. The molecule has 1 atom stereocenters. The first kappa shape index (κ1) is 17.6. The lowest BCUT2D eigenvalue weighted by Crippen LogP contribution is -2.21. The Bertz CT molecular complexity index is 949. The summed E-state index contributed by atoms with van der Waals surface area (Å²) in [5, 5.41) is 5.20. The number of sulfonamides is 1. The molecule has 0 saturated carbocycles. The fraction of sp³-hybridized carbons (Fsp3) is 0.0667. The highest BCUT2D eigenvalue weighted by Gasteiger charge is 2.18. The molecule has 0 fully saturated rings. The molecule has 0 aliphatic heterocycles. The van der Waals surface area contributed by atoms with Crippen LogP contribution in [-0.2, 0) is 10.0 Å². The predicted octanol–water partition coefficient (Wildman–Crippen LogP) is 3.06. The van der Waals surface area contributed by atoms with Gasteiger partial charge in [0, 0.05) is 17.8 Å². The normalized spacial score (nSPS) is 12.6. The van der Waals surface area contributed by atoms with Gasteiger partial charge in [-0.15, -0.1) is 11.3 Å². The molecule has 0 aliphatic rings. The monoisotopic (exact) mass is 395 g/mol. The van der Waals surface area contributed by atoms with Crippen molar-refractivity contribution in [1.82, 2.24) is 9.97 Å². The van der Waals surface area contributed by atoms with Gasteiger partial charge < -0.3 is 11.1 Å². The number of pyridine rings is 1. The molecule has 0 unspecified atom stereocenters. The quantitative estimate of drug-likeness (QED) is 0.553. The number of aromatic nitrogens is 2. The van der Waals surface area contributed by atoms with Crippen molar-refractivity contribution < 1.29 is 8.42 Å². The number of nitrogens with zero attached hydrogens (tertiary/aromatic N) is 2. The van der Waals surface area contributed by atoms with Crippen molar-refractivity contribution in [2.24, 2.45) is 5.73 Å². The lowest BCUT2D eigenvalue weighted by Gasteiger charge is -2.16. The maximum Gasteiger partial charge on any atom is 0.263 e. The van der Waals surface area contributed by atoms with Crippen LogP contribution in [0.15, 0.2) is 59.1 Å². The van der Waals surface area contributed by atoms with Gasteiger partial charge in [0.2, 0.25) is 0 Å². The van der Waals surface area contributed by atoms with Crippen molar-refractivity contribution in [1.29, 1.82) is 0 Å². The van der Waals surface area contributed by atoms with E-state index in [1.54, 1.807) is 29.8 Å². The molecule has 0 radical (unpaired) electrons. The number of nitrogens with one attached hydrogen (secondary N) is 2. The molecule has 1 aromatic carbocycles. The molecule has 130 valence electrons. The number of halogens is 1. The van der Waals surface area contributed by atoms with Crippen LogP contribution in [0.5, 0.6) is 0 Å². The zero-order valence-electron chi connectivity index (χ0n) is 12.8. The minimum absolute atomic E-state index is 0.0321. The van der Waals surface area contributed by atoms with Crippen LogP contribution in [-0.4, -0.2) is 18.4 Å². The van der Waals surface area contributed by atoms with Crippen LogP contribution in [0, 0.1) is 0 Å². The molecule has 25 heavy (non-hydrogen) atoms. The third kappa shape index (κ3) is 4.26. The van der Waals surface area contributed by atoms with E-state index in [4.69, 9.17) is 17.3 Å². The highest BCUT2D eigenvalue weighted by atomic mass is 35.5. The number of anilines is 2. The number of benzene rings is 1. The maximum atomic E-state index is 12.3. The molecule has 3 aromatic rings. The van der Waals surface area contributed by atoms with E-state index >= 15 is 0 Å². The lowest BCUT2D eigenvalue weighted by atomic mass is 10.2. The van der Waals surface area contributed by atoms with Crippen molar-refractivity contribution in [3.05, 3.63) is 64.9 Å². The van der Waals surface area contributed by atoms with Gasteiger partial charge in [-0.05, 0) is 30.3 Å². The van der Waals surface area contributed by atoms with E-state index in [2.05, 4.69) is 20.0 Å². The van der Waals surface area contributed by atoms with Crippen molar-refractivity contribution in [3.8, 4) is 0 Å². The molecule has 0 saturated heterocycles. The molecule has 0 bridgehead atoms. The lowest BCUT2D eigenvalue weighted by molar-refractivity contribution is 0.601. The zero-order valence-corrected chi connectivity index (χ0v) is 15.1. The molecular formula is C15H14ClN5O2S2. The smallest absolute Gasteiger partial charge is 0.263 e. The first-order valence-electron chi connectivity index (χ1n) is 7.10. The Balaban J connectivity index is 1.79. The number of nitrogens with two attached hydrogens (primary N) is 1. The summed E-state index contributed by atoms with van der Waals surface area (Å²) in [6.07, 6.45) is 2.58. The van der Waals surface area contributed by atoms with Crippen LogP contribution in [0.3, 0.4) is 0 Å². The van der Waals surface area contributed by atoms with Crippen molar-refractivity contribution in [3.63, 3.8) is 0 Å². The Hall–Kier alpha value is -2.20. The van der Waals surface area contributed by atoms with Gasteiger partial charge in [-0.3, -0.25) is 9.71 Å². The van der Waals surface area contributed by atoms with E-state index in [1.165, 1.54) is 29.7 Å². The van der Waals surface area contributed by atoms with Crippen LogP contribution >= 0.6 is 22.9 Å². The maximum absolute atomic E-state index is 12.3. The number of thiazole rings is 1. The third-order valence-electron chi connectivity index (χ3n) is 3.22. The molecule has 0 aliphatic carbocycles. The summed E-state index contributed by atoms with van der Waals surface area (Å²) in [7, 11) is -3.76. The average Bonchev–Trinajstić information content (AvgIpc) is 3.09. The van der Waals surface area contributed by atoms with Crippen LogP contribution in [0.1, 0.15) is 11.9 Å². The highest BCUT2D eigenvalue weighted by Crippen LogP contribution is 2.28. The topological polar surface area (TPSA) is 110 Å². The van der Waals surface area contributed by atoms with Crippen LogP contribution in [0.4, 0.5) is 10.8 Å². The second-order valence-electron chi connectivity index (χ2n) is 4.96. The summed E-state index contributed by atoms with van der Waals surface area (Å²) >= 11 is 7.39. The van der Waals surface area contributed by atoms with Gasteiger partial charge in [-0.25, -0.2) is 13.4 Å². The van der Waals surface area contributed by atoms with E-state index in [9.17, 15) is 8.42 Å².